The molecule has 150 valence electrons. The summed E-state index contributed by atoms with van der Waals surface area (Å²) in [6, 6.07) is 0. The molecule has 0 saturated carbocycles. The van der Waals surface area contributed by atoms with E-state index < -0.39 is 0 Å². The zero-order valence-corrected chi connectivity index (χ0v) is 17.2. The van der Waals surface area contributed by atoms with E-state index in [-0.39, 0.29) is 5.92 Å². The zero-order valence-electron chi connectivity index (χ0n) is 17.2. The topological polar surface area (TPSA) is 44.8 Å². The molecule has 25 heavy (non-hydrogen) atoms. The second-order valence-corrected chi connectivity index (χ2v) is 7.51. The lowest BCUT2D eigenvalue weighted by atomic mass is 10.0. The third-order valence-corrected chi connectivity index (χ3v) is 4.17. The van der Waals surface area contributed by atoms with Crippen molar-refractivity contribution in [3.05, 3.63) is 0 Å². The van der Waals surface area contributed by atoms with E-state index in [2.05, 4.69) is 13.8 Å². The summed E-state index contributed by atoms with van der Waals surface area (Å²) in [6.45, 7) is 12.7. The maximum atomic E-state index is 11.5. The first-order valence-corrected chi connectivity index (χ1v) is 10.3. The van der Waals surface area contributed by atoms with Crippen molar-refractivity contribution in [1.82, 2.24) is 0 Å². The second kappa shape index (κ2) is 18.3. The lowest BCUT2D eigenvalue weighted by Crippen LogP contribution is -2.10. The molecule has 0 radical (unpaired) electrons. The molecule has 0 unspecified atom stereocenters. The summed E-state index contributed by atoms with van der Waals surface area (Å²) in [5, 5.41) is 0. The number of ketones is 1. The molecule has 0 aliphatic rings. The first kappa shape index (κ1) is 24.6. The number of carbonyl (C=O) groups excluding carboxylic acids is 1. The molecule has 0 heterocycles. The molecule has 0 atom stereocenters. The van der Waals surface area contributed by atoms with Gasteiger partial charge in [0.15, 0.2) is 0 Å². The highest BCUT2D eigenvalue weighted by molar-refractivity contribution is 5.80. The van der Waals surface area contributed by atoms with Crippen LogP contribution in [0.15, 0.2) is 0 Å². The minimum atomic E-state index is 0.187. The summed E-state index contributed by atoms with van der Waals surface area (Å²) in [7, 11) is 0. The second-order valence-electron chi connectivity index (χ2n) is 7.51. The highest BCUT2D eigenvalue weighted by Crippen LogP contribution is 2.09. The molecule has 0 rings (SSSR count). The molecule has 0 amide bonds. The monoisotopic (exact) mass is 358 g/mol. The fourth-order valence-electron chi connectivity index (χ4n) is 2.46. The molecule has 0 saturated heterocycles. The molecule has 4 nitrogen and oxygen atoms in total. The number of Topliss-reactive ketones (excluding diaryl/α,β-unsaturated/α-hetero) is 1. The van der Waals surface area contributed by atoms with Gasteiger partial charge >= 0.3 is 0 Å². The van der Waals surface area contributed by atoms with Crippen LogP contribution < -0.4 is 0 Å². The van der Waals surface area contributed by atoms with Crippen molar-refractivity contribution in [1.29, 1.82) is 0 Å². The summed E-state index contributed by atoms with van der Waals surface area (Å²) in [5.41, 5.74) is 0. The van der Waals surface area contributed by atoms with Gasteiger partial charge in [-0.15, -0.1) is 0 Å². The summed E-state index contributed by atoms with van der Waals surface area (Å²) in [4.78, 5) is 11.5. The van der Waals surface area contributed by atoms with Gasteiger partial charge in [0.05, 0.1) is 26.4 Å². The largest absolute Gasteiger partial charge is 0.379 e. The summed E-state index contributed by atoms with van der Waals surface area (Å²) >= 11 is 0. The van der Waals surface area contributed by atoms with E-state index in [1.807, 2.05) is 13.8 Å². The SMILES string of the molecule is CC(C)CCCOCCOCCOCCCCCCCC(=O)C(C)C. The maximum absolute atomic E-state index is 11.5. The molecule has 0 aliphatic heterocycles. The van der Waals surface area contributed by atoms with Crippen molar-refractivity contribution < 1.29 is 19.0 Å². The van der Waals surface area contributed by atoms with Crippen LogP contribution in [-0.4, -0.2) is 45.4 Å². The molecular formula is C21H42O4. The number of rotatable bonds is 19. The van der Waals surface area contributed by atoms with Crippen LogP contribution in [0, 0.1) is 11.8 Å². The average Bonchev–Trinajstić information content (AvgIpc) is 2.57. The van der Waals surface area contributed by atoms with Gasteiger partial charge in [0.25, 0.3) is 0 Å². The normalized spacial score (nSPS) is 11.6. The molecule has 0 aromatic heterocycles. The zero-order chi connectivity index (χ0) is 18.8. The van der Waals surface area contributed by atoms with Gasteiger partial charge in [0.2, 0.25) is 0 Å². The lowest BCUT2D eigenvalue weighted by molar-refractivity contribution is -0.122. The fourth-order valence-corrected chi connectivity index (χ4v) is 2.46. The molecule has 0 spiro atoms. The van der Waals surface area contributed by atoms with Crippen molar-refractivity contribution in [2.45, 2.75) is 79.1 Å². The fraction of sp³-hybridized carbons (Fsp3) is 0.952. The van der Waals surface area contributed by atoms with E-state index in [1.165, 1.54) is 19.3 Å². The van der Waals surface area contributed by atoms with Crippen LogP contribution in [0.4, 0.5) is 0 Å². The van der Waals surface area contributed by atoms with Gasteiger partial charge in [-0.25, -0.2) is 0 Å². The molecule has 0 aromatic carbocycles. The molecule has 0 fully saturated rings. The van der Waals surface area contributed by atoms with Crippen LogP contribution in [0.2, 0.25) is 0 Å². The smallest absolute Gasteiger partial charge is 0.135 e. The third-order valence-electron chi connectivity index (χ3n) is 4.17. The summed E-state index contributed by atoms with van der Waals surface area (Å²) < 4.78 is 16.6. The first-order valence-electron chi connectivity index (χ1n) is 10.3. The Balaban J connectivity index is 3.06. The van der Waals surface area contributed by atoms with E-state index in [0.29, 0.717) is 32.2 Å². The van der Waals surface area contributed by atoms with Crippen molar-refractivity contribution in [3.8, 4) is 0 Å². The Morgan fingerprint density at radius 3 is 1.68 bits per heavy atom. The van der Waals surface area contributed by atoms with E-state index in [9.17, 15) is 4.79 Å². The van der Waals surface area contributed by atoms with Crippen LogP contribution in [0.25, 0.3) is 0 Å². The van der Waals surface area contributed by atoms with Crippen LogP contribution in [0.5, 0.6) is 0 Å². The van der Waals surface area contributed by atoms with Gasteiger partial charge in [-0.2, -0.15) is 0 Å². The molecule has 0 aromatic rings. The Morgan fingerprint density at radius 1 is 0.640 bits per heavy atom. The van der Waals surface area contributed by atoms with Crippen molar-refractivity contribution in [2.24, 2.45) is 11.8 Å². The van der Waals surface area contributed by atoms with Crippen LogP contribution >= 0.6 is 0 Å². The highest BCUT2D eigenvalue weighted by atomic mass is 16.5. The Kier molecular flexibility index (Phi) is 18.0. The van der Waals surface area contributed by atoms with Crippen LogP contribution in [0.3, 0.4) is 0 Å². The Morgan fingerprint density at radius 2 is 1.12 bits per heavy atom. The minimum Gasteiger partial charge on any atom is -0.379 e. The Hall–Kier alpha value is -0.450. The van der Waals surface area contributed by atoms with Crippen molar-refractivity contribution >= 4 is 5.78 Å². The number of hydrogen-bond acceptors (Lipinski definition) is 4. The predicted octanol–water partition coefficient (Wildman–Crippen LogP) is 5.04. The predicted molar refractivity (Wildman–Crippen MR) is 104 cm³/mol. The minimum absolute atomic E-state index is 0.187. The van der Waals surface area contributed by atoms with Gasteiger partial charge < -0.3 is 14.2 Å². The Bertz CT molecular complexity index is 290. The molecule has 4 heteroatoms. The lowest BCUT2D eigenvalue weighted by Gasteiger charge is -2.08. The van der Waals surface area contributed by atoms with Crippen molar-refractivity contribution in [3.63, 3.8) is 0 Å². The quantitative estimate of drug-likeness (QED) is 0.304. The number of carbonyl (C=O) groups is 1. The van der Waals surface area contributed by atoms with E-state index >= 15 is 0 Å². The van der Waals surface area contributed by atoms with Gasteiger partial charge in [0, 0.05) is 25.6 Å². The molecule has 0 aliphatic carbocycles. The molecule has 0 N–H and O–H groups in total. The highest BCUT2D eigenvalue weighted by Gasteiger charge is 2.05. The maximum Gasteiger partial charge on any atom is 0.135 e. The van der Waals surface area contributed by atoms with E-state index in [0.717, 1.165) is 51.2 Å². The van der Waals surface area contributed by atoms with Crippen molar-refractivity contribution in [2.75, 3.05) is 39.6 Å². The van der Waals surface area contributed by atoms with E-state index in [4.69, 9.17) is 14.2 Å². The third kappa shape index (κ3) is 19.7. The van der Waals surface area contributed by atoms with E-state index in [1.54, 1.807) is 0 Å². The summed E-state index contributed by atoms with van der Waals surface area (Å²) in [6.07, 6.45) is 8.76. The van der Waals surface area contributed by atoms with Gasteiger partial charge in [-0.3, -0.25) is 4.79 Å². The molecular weight excluding hydrogens is 316 g/mol. The van der Waals surface area contributed by atoms with Crippen LogP contribution in [-0.2, 0) is 19.0 Å². The van der Waals surface area contributed by atoms with Gasteiger partial charge in [-0.05, 0) is 31.6 Å². The summed E-state index contributed by atoms with van der Waals surface area (Å²) in [5.74, 6) is 1.34. The Labute approximate surface area is 156 Å². The van der Waals surface area contributed by atoms with Gasteiger partial charge in [0.1, 0.15) is 5.78 Å². The number of ether oxygens (including phenoxy) is 3. The van der Waals surface area contributed by atoms with Gasteiger partial charge in [-0.1, -0.05) is 47.0 Å². The number of unbranched alkanes of at least 4 members (excludes halogenated alkanes) is 4. The standard InChI is InChI=1S/C21H42O4/c1-19(2)11-10-14-24-16-18-25-17-15-23-13-9-7-5-6-8-12-21(22)20(3)4/h19-20H,5-18H2,1-4H3. The first-order chi connectivity index (χ1) is 12.0. The number of hydrogen-bond donors (Lipinski definition) is 0. The molecule has 0 bridgehead atoms. The van der Waals surface area contributed by atoms with Crippen LogP contribution in [0.1, 0.15) is 79.1 Å². The average molecular weight is 359 g/mol.